The summed E-state index contributed by atoms with van der Waals surface area (Å²) in [6.45, 7) is 2.02. The quantitative estimate of drug-likeness (QED) is 0.849. The van der Waals surface area contributed by atoms with Gasteiger partial charge in [-0.25, -0.2) is 0 Å². The second kappa shape index (κ2) is 6.76. The monoisotopic (exact) mass is 334 g/mol. The molecule has 0 aliphatic carbocycles. The maximum atomic E-state index is 5.58. The third-order valence-corrected chi connectivity index (χ3v) is 5.21. The molecule has 0 radical (unpaired) electrons. The molecule has 0 saturated carbocycles. The van der Waals surface area contributed by atoms with Crippen LogP contribution in [0.15, 0.2) is 30.6 Å². The Hall–Kier alpha value is -1.79. The molecule has 2 aromatic rings. The van der Waals surface area contributed by atoms with Gasteiger partial charge >= 0.3 is 0 Å². The minimum atomic E-state index is 0.405. The highest BCUT2D eigenvalue weighted by Gasteiger charge is 2.32. The van der Waals surface area contributed by atoms with Gasteiger partial charge in [-0.3, -0.25) is 4.57 Å². The van der Waals surface area contributed by atoms with Crippen molar-refractivity contribution in [1.82, 2.24) is 9.13 Å². The number of rotatable bonds is 5. The normalized spacial score (nSPS) is 20.7. The van der Waals surface area contributed by atoms with Crippen LogP contribution in [-0.4, -0.2) is 29.9 Å². The van der Waals surface area contributed by atoms with E-state index in [4.69, 9.17) is 21.7 Å². The van der Waals surface area contributed by atoms with Gasteiger partial charge in [0.15, 0.2) is 11.4 Å². The van der Waals surface area contributed by atoms with Crippen LogP contribution in [0.4, 0.5) is 0 Å². The Labute approximate surface area is 142 Å². The molecule has 1 fully saturated rings. The molecule has 124 valence electrons. The molecule has 1 aliphatic rings. The van der Waals surface area contributed by atoms with Crippen LogP contribution in [0.1, 0.15) is 24.4 Å². The number of methoxy groups -OCH3 is 2. The summed E-state index contributed by atoms with van der Waals surface area (Å²) in [5, 5.41) is 0. The van der Waals surface area contributed by atoms with Crippen LogP contribution in [0.3, 0.4) is 0 Å². The van der Waals surface area contributed by atoms with E-state index in [1.807, 2.05) is 29.9 Å². The molecule has 3 rings (SSSR count). The van der Waals surface area contributed by atoms with Crippen LogP contribution in [-0.2, 0) is 13.7 Å². The number of hydrogen-bond acceptors (Lipinski definition) is 3. The first-order valence-corrected chi connectivity index (χ1v) is 8.33. The molecule has 2 heterocycles. The topological polar surface area (TPSA) is 32.8 Å². The number of ether oxygens (including phenoxy) is 2. The van der Waals surface area contributed by atoms with E-state index in [0.29, 0.717) is 6.04 Å². The first kappa shape index (κ1) is 16.1. The van der Waals surface area contributed by atoms with E-state index in [1.54, 1.807) is 14.2 Å². The van der Waals surface area contributed by atoms with Gasteiger partial charge in [0, 0.05) is 32.3 Å². The minimum absolute atomic E-state index is 0.405. The lowest BCUT2D eigenvalue weighted by molar-refractivity contribution is -0.940. The van der Waals surface area contributed by atoms with Crippen LogP contribution >= 0.6 is 12.2 Å². The predicted molar refractivity (Wildman–Crippen MR) is 91.6 cm³/mol. The summed E-state index contributed by atoms with van der Waals surface area (Å²) in [6, 6.07) is 6.46. The summed E-state index contributed by atoms with van der Waals surface area (Å²) in [5.41, 5.74) is 1.22. The van der Waals surface area contributed by atoms with E-state index in [0.717, 1.165) is 35.9 Å². The van der Waals surface area contributed by atoms with Gasteiger partial charge in [0.2, 0.25) is 0 Å². The van der Waals surface area contributed by atoms with Crippen molar-refractivity contribution >= 4 is 12.2 Å². The fraction of sp³-hybridized carbons (Fsp3) is 0.471. The molecule has 1 aliphatic heterocycles. The summed E-state index contributed by atoms with van der Waals surface area (Å²) in [7, 11) is 5.42. The maximum absolute atomic E-state index is 5.58. The molecule has 1 aromatic heterocycles. The number of benzene rings is 1. The van der Waals surface area contributed by atoms with Crippen molar-refractivity contribution in [2.75, 3.05) is 20.8 Å². The largest absolute Gasteiger partial charge is 0.497 e. The Bertz CT molecular complexity index is 738. The number of nitrogens with one attached hydrogen (secondary N) is 1. The number of nitrogens with zero attached hydrogens (tertiary/aromatic N) is 2. The van der Waals surface area contributed by atoms with Crippen LogP contribution in [0.2, 0.25) is 0 Å². The van der Waals surface area contributed by atoms with Gasteiger partial charge in [-0.1, -0.05) is 0 Å². The first-order valence-electron chi connectivity index (χ1n) is 7.92. The molecule has 1 aromatic carbocycles. The zero-order valence-corrected chi connectivity index (χ0v) is 14.7. The number of aromatic nitrogens is 2. The predicted octanol–water partition coefficient (Wildman–Crippen LogP) is 1.95. The molecule has 0 spiro atoms. The van der Waals surface area contributed by atoms with Gasteiger partial charge in [0.25, 0.3) is 0 Å². The van der Waals surface area contributed by atoms with Gasteiger partial charge in [0.05, 0.1) is 26.3 Å². The van der Waals surface area contributed by atoms with Gasteiger partial charge in [-0.15, -0.1) is 0 Å². The lowest BCUT2D eigenvalue weighted by Gasteiger charge is -2.24. The molecule has 23 heavy (non-hydrogen) atoms. The molecule has 0 bridgehead atoms. The molecule has 0 amide bonds. The fourth-order valence-electron chi connectivity index (χ4n) is 3.44. The van der Waals surface area contributed by atoms with Crippen LogP contribution in [0.5, 0.6) is 11.5 Å². The summed E-state index contributed by atoms with van der Waals surface area (Å²) in [4.78, 5) is 1.51. The second-order valence-electron chi connectivity index (χ2n) is 6.03. The molecule has 6 heteroatoms. The van der Waals surface area contributed by atoms with E-state index in [9.17, 15) is 0 Å². The average molecular weight is 334 g/mol. The lowest BCUT2D eigenvalue weighted by Crippen LogP contribution is -3.09. The zero-order chi connectivity index (χ0) is 16.4. The number of imidazole rings is 1. The average Bonchev–Trinajstić information content (AvgIpc) is 3.16. The van der Waals surface area contributed by atoms with Crippen molar-refractivity contribution in [3.63, 3.8) is 0 Å². The molecule has 1 saturated heterocycles. The van der Waals surface area contributed by atoms with Gasteiger partial charge in [0.1, 0.15) is 17.5 Å². The Morgan fingerprint density at radius 2 is 2.09 bits per heavy atom. The van der Waals surface area contributed by atoms with E-state index in [1.165, 1.54) is 16.9 Å². The number of quaternary nitrogens is 1. The zero-order valence-electron chi connectivity index (χ0n) is 13.9. The molecule has 1 N–H and O–H groups in total. The van der Waals surface area contributed by atoms with E-state index in [-0.39, 0.29) is 0 Å². The highest BCUT2D eigenvalue weighted by molar-refractivity contribution is 7.71. The van der Waals surface area contributed by atoms with Crippen molar-refractivity contribution in [1.29, 1.82) is 0 Å². The van der Waals surface area contributed by atoms with E-state index >= 15 is 0 Å². The highest BCUT2D eigenvalue weighted by atomic mass is 32.1. The van der Waals surface area contributed by atoms with Gasteiger partial charge in [-0.2, -0.15) is 0 Å². The molecular weight excluding hydrogens is 310 g/mol. The molecular formula is C17H24N3O2S+. The van der Waals surface area contributed by atoms with Crippen molar-refractivity contribution < 1.29 is 14.4 Å². The summed E-state index contributed by atoms with van der Waals surface area (Å²) in [5.74, 6) is 1.82. The minimum Gasteiger partial charge on any atom is -0.497 e. The number of aryl methyl sites for hydroxylation is 1. The summed E-state index contributed by atoms with van der Waals surface area (Å²) >= 11 is 5.47. The second-order valence-corrected chi connectivity index (χ2v) is 6.40. The van der Waals surface area contributed by atoms with Crippen molar-refractivity contribution in [2.45, 2.75) is 25.6 Å². The van der Waals surface area contributed by atoms with Crippen LogP contribution < -0.4 is 14.4 Å². The fourth-order valence-corrected chi connectivity index (χ4v) is 3.62. The number of hydrogen-bond donors (Lipinski definition) is 1. The Morgan fingerprint density at radius 1 is 1.26 bits per heavy atom. The van der Waals surface area contributed by atoms with Gasteiger partial charge < -0.3 is 18.9 Å². The van der Waals surface area contributed by atoms with Crippen molar-refractivity contribution in [2.24, 2.45) is 7.05 Å². The van der Waals surface area contributed by atoms with Crippen LogP contribution in [0.25, 0.3) is 0 Å². The number of likely N-dealkylation sites (tertiary alicyclic amines) is 1. The molecule has 1 unspecified atom stereocenters. The van der Waals surface area contributed by atoms with Gasteiger partial charge in [-0.05, 0) is 30.4 Å². The lowest BCUT2D eigenvalue weighted by atomic mass is 10.0. The first-order chi connectivity index (χ1) is 11.1. The Balaban J connectivity index is 1.89. The van der Waals surface area contributed by atoms with Crippen molar-refractivity contribution in [3.05, 3.63) is 40.9 Å². The molecule has 2 atom stereocenters. The SMILES string of the molecule is COc1ccc(OC)c([C@H]2CCC[NH+]2Cn2ccn(C)c2=S)c1. The van der Waals surface area contributed by atoms with E-state index < -0.39 is 0 Å². The third kappa shape index (κ3) is 3.14. The third-order valence-electron chi connectivity index (χ3n) is 4.69. The maximum Gasteiger partial charge on any atom is 0.183 e. The summed E-state index contributed by atoms with van der Waals surface area (Å²) < 4.78 is 16.0. The Morgan fingerprint density at radius 3 is 2.74 bits per heavy atom. The van der Waals surface area contributed by atoms with E-state index in [2.05, 4.69) is 16.8 Å². The molecule has 5 nitrogen and oxygen atoms in total. The smallest absolute Gasteiger partial charge is 0.183 e. The standard InChI is InChI=1S/C17H23N3O2S/c1-18-9-10-20(17(18)23)12-19-8-4-5-15(19)14-11-13(21-2)6-7-16(14)22-3/h6-7,9-11,15H,4-5,8,12H2,1-3H3/p+1/t15-/m1/s1. The Kier molecular flexibility index (Phi) is 4.73. The highest BCUT2D eigenvalue weighted by Crippen LogP contribution is 2.31. The van der Waals surface area contributed by atoms with Crippen LogP contribution in [0, 0.1) is 4.77 Å². The van der Waals surface area contributed by atoms with Crippen molar-refractivity contribution in [3.8, 4) is 11.5 Å². The summed E-state index contributed by atoms with van der Waals surface area (Å²) in [6.07, 6.45) is 6.44.